The van der Waals surface area contributed by atoms with Crippen LogP contribution in [0.4, 0.5) is 21.9 Å². The fourth-order valence-electron chi connectivity index (χ4n) is 2.96. The second-order valence-corrected chi connectivity index (χ2v) is 6.56. The maximum atomic E-state index is 12.9. The number of barbiturate groups is 1. The van der Waals surface area contributed by atoms with Crippen LogP contribution < -0.4 is 19.9 Å². The first-order chi connectivity index (χ1) is 14.2. The maximum Gasteiger partial charge on any atom is 0.335 e. The minimum Gasteiger partial charge on any atom is -0.497 e. The molecule has 0 bridgehead atoms. The quantitative estimate of drug-likeness (QED) is 0.347. The third kappa shape index (κ3) is 3.83. The first-order valence-electron chi connectivity index (χ1n) is 8.74. The molecule has 0 aliphatic carbocycles. The van der Waals surface area contributed by atoms with Crippen LogP contribution in [0.2, 0.25) is 0 Å². The molecule has 2 aromatic rings. The molecule has 1 N–H and O–H groups in total. The lowest BCUT2D eigenvalue weighted by molar-refractivity contribution is -0.384. The van der Waals surface area contributed by atoms with Gasteiger partial charge < -0.3 is 9.64 Å². The number of ether oxygens (including phenoxy) is 1. The highest BCUT2D eigenvalue weighted by atomic mass is 16.6. The summed E-state index contributed by atoms with van der Waals surface area (Å²) in [6.45, 7) is 0. The average Bonchev–Trinajstić information content (AvgIpc) is 2.70. The van der Waals surface area contributed by atoms with Gasteiger partial charge in [-0.05, 0) is 29.8 Å². The number of hydrogen-bond donors (Lipinski definition) is 1. The van der Waals surface area contributed by atoms with Crippen LogP contribution in [0.25, 0.3) is 6.08 Å². The highest BCUT2D eigenvalue weighted by Crippen LogP contribution is 2.30. The summed E-state index contributed by atoms with van der Waals surface area (Å²) in [5, 5.41) is 13.5. The lowest BCUT2D eigenvalue weighted by atomic mass is 10.1. The van der Waals surface area contributed by atoms with Crippen LogP contribution in [-0.2, 0) is 9.59 Å². The molecular formula is C20H18N4O6. The van der Waals surface area contributed by atoms with Gasteiger partial charge in [-0.1, -0.05) is 12.1 Å². The number of benzene rings is 2. The van der Waals surface area contributed by atoms with E-state index in [1.807, 2.05) is 0 Å². The molecule has 1 aliphatic rings. The summed E-state index contributed by atoms with van der Waals surface area (Å²) in [6, 6.07) is 9.65. The second kappa shape index (κ2) is 8.03. The van der Waals surface area contributed by atoms with E-state index in [1.165, 1.54) is 37.5 Å². The van der Waals surface area contributed by atoms with Crippen molar-refractivity contribution < 1.29 is 24.0 Å². The highest BCUT2D eigenvalue weighted by Gasteiger charge is 2.37. The van der Waals surface area contributed by atoms with E-state index in [9.17, 15) is 24.5 Å². The number of nitro benzene ring substituents is 1. The van der Waals surface area contributed by atoms with Gasteiger partial charge >= 0.3 is 6.03 Å². The number of carbonyl (C=O) groups is 3. The topological polar surface area (TPSA) is 122 Å². The van der Waals surface area contributed by atoms with E-state index in [2.05, 4.69) is 5.32 Å². The zero-order chi connectivity index (χ0) is 22.0. The van der Waals surface area contributed by atoms with Gasteiger partial charge in [0.1, 0.15) is 17.0 Å². The molecule has 30 heavy (non-hydrogen) atoms. The van der Waals surface area contributed by atoms with Crippen molar-refractivity contribution in [1.29, 1.82) is 0 Å². The largest absolute Gasteiger partial charge is 0.497 e. The molecule has 0 spiro atoms. The van der Waals surface area contributed by atoms with Gasteiger partial charge in [0.2, 0.25) is 0 Å². The lowest BCUT2D eigenvalue weighted by Crippen LogP contribution is -2.54. The lowest BCUT2D eigenvalue weighted by Gasteiger charge is -2.26. The molecule has 10 heteroatoms. The van der Waals surface area contributed by atoms with Crippen molar-refractivity contribution in [2.75, 3.05) is 31.0 Å². The smallest absolute Gasteiger partial charge is 0.335 e. The number of urea groups is 1. The van der Waals surface area contributed by atoms with Gasteiger partial charge in [0.25, 0.3) is 17.5 Å². The van der Waals surface area contributed by atoms with Gasteiger partial charge in [0.15, 0.2) is 0 Å². The maximum absolute atomic E-state index is 12.9. The van der Waals surface area contributed by atoms with Crippen molar-refractivity contribution in [3.63, 3.8) is 0 Å². The average molecular weight is 410 g/mol. The Kier molecular flexibility index (Phi) is 5.50. The van der Waals surface area contributed by atoms with E-state index in [4.69, 9.17) is 4.74 Å². The Balaban J connectivity index is 2.04. The number of rotatable bonds is 5. The molecule has 0 saturated carbocycles. The summed E-state index contributed by atoms with van der Waals surface area (Å²) in [7, 11) is 4.77. The summed E-state index contributed by atoms with van der Waals surface area (Å²) in [5.74, 6) is -1.31. The van der Waals surface area contributed by atoms with E-state index in [1.54, 1.807) is 37.2 Å². The van der Waals surface area contributed by atoms with E-state index in [0.717, 1.165) is 4.90 Å². The van der Waals surface area contributed by atoms with Crippen LogP contribution in [0.1, 0.15) is 5.56 Å². The van der Waals surface area contributed by atoms with E-state index < -0.39 is 22.8 Å². The van der Waals surface area contributed by atoms with Gasteiger partial charge in [0, 0.05) is 26.2 Å². The summed E-state index contributed by atoms with van der Waals surface area (Å²) in [4.78, 5) is 50.7. The standard InChI is InChI=1S/C20H18N4O6/c1-22(2)16-8-7-12(10-17(16)24(28)29)9-15-18(25)21-20(27)23(19(15)26)13-5-4-6-14(11-13)30-3/h4-11H,1-3H3,(H,21,25,27). The number of hydrogen-bond acceptors (Lipinski definition) is 7. The number of nitrogens with zero attached hydrogens (tertiary/aromatic N) is 3. The summed E-state index contributed by atoms with van der Waals surface area (Å²) < 4.78 is 5.11. The number of imide groups is 2. The number of amides is 4. The molecule has 1 aliphatic heterocycles. The van der Waals surface area contributed by atoms with Crippen molar-refractivity contribution in [1.82, 2.24) is 5.32 Å². The van der Waals surface area contributed by atoms with Crippen molar-refractivity contribution in [3.8, 4) is 5.75 Å². The minimum atomic E-state index is -0.899. The van der Waals surface area contributed by atoms with Crippen LogP contribution in [0.5, 0.6) is 5.75 Å². The van der Waals surface area contributed by atoms with Crippen molar-refractivity contribution in [2.45, 2.75) is 0 Å². The van der Waals surface area contributed by atoms with E-state index in [0.29, 0.717) is 11.4 Å². The molecule has 154 valence electrons. The molecule has 1 fully saturated rings. The minimum absolute atomic E-state index is 0.182. The number of nitro groups is 1. The number of anilines is 2. The van der Waals surface area contributed by atoms with Gasteiger partial charge in [-0.15, -0.1) is 0 Å². The van der Waals surface area contributed by atoms with E-state index >= 15 is 0 Å². The van der Waals surface area contributed by atoms with Crippen LogP contribution in [-0.4, -0.2) is 44.0 Å². The molecule has 3 rings (SSSR count). The molecule has 10 nitrogen and oxygen atoms in total. The Bertz CT molecular complexity index is 1090. The van der Waals surface area contributed by atoms with Crippen molar-refractivity contribution in [2.24, 2.45) is 0 Å². The predicted octanol–water partition coefficient (Wildman–Crippen LogP) is 2.34. The highest BCUT2D eigenvalue weighted by molar-refractivity contribution is 6.39. The van der Waals surface area contributed by atoms with Crippen LogP contribution >= 0.6 is 0 Å². The van der Waals surface area contributed by atoms with Crippen LogP contribution in [0, 0.1) is 10.1 Å². The molecule has 0 aromatic heterocycles. The molecular weight excluding hydrogens is 392 g/mol. The third-order valence-corrected chi connectivity index (χ3v) is 4.40. The molecule has 2 aromatic carbocycles. The number of nitrogens with one attached hydrogen (secondary N) is 1. The van der Waals surface area contributed by atoms with Gasteiger partial charge in [-0.2, -0.15) is 0 Å². The zero-order valence-corrected chi connectivity index (χ0v) is 16.4. The Labute approximate surface area is 171 Å². The van der Waals surface area contributed by atoms with Crippen molar-refractivity contribution in [3.05, 3.63) is 63.7 Å². The SMILES string of the molecule is COc1cccc(N2C(=O)NC(=O)C(=Cc3ccc(N(C)C)c([N+](=O)[O-])c3)C2=O)c1. The van der Waals surface area contributed by atoms with Gasteiger partial charge in [-0.25, -0.2) is 9.69 Å². The Hall–Kier alpha value is -4.21. The number of methoxy groups -OCH3 is 1. The summed E-state index contributed by atoms with van der Waals surface area (Å²) in [6.07, 6.45) is 1.21. The van der Waals surface area contributed by atoms with E-state index in [-0.39, 0.29) is 22.5 Å². The van der Waals surface area contributed by atoms with Crippen LogP contribution in [0.15, 0.2) is 48.0 Å². The Morgan fingerprint density at radius 3 is 2.50 bits per heavy atom. The van der Waals surface area contributed by atoms with Gasteiger partial charge in [-0.3, -0.25) is 25.0 Å². The first kappa shape index (κ1) is 20.5. The molecule has 0 unspecified atom stereocenters. The summed E-state index contributed by atoms with van der Waals surface area (Å²) in [5.41, 5.74) is 0.341. The fraction of sp³-hybridized carbons (Fsp3) is 0.150. The molecule has 1 saturated heterocycles. The van der Waals surface area contributed by atoms with Crippen LogP contribution in [0.3, 0.4) is 0 Å². The zero-order valence-electron chi connectivity index (χ0n) is 16.4. The van der Waals surface area contributed by atoms with Gasteiger partial charge in [0.05, 0.1) is 17.7 Å². The Morgan fingerprint density at radius 1 is 1.13 bits per heavy atom. The predicted molar refractivity (Wildman–Crippen MR) is 109 cm³/mol. The summed E-state index contributed by atoms with van der Waals surface area (Å²) >= 11 is 0. The molecule has 1 heterocycles. The second-order valence-electron chi connectivity index (χ2n) is 6.56. The molecule has 0 atom stereocenters. The molecule has 4 amide bonds. The molecule has 0 radical (unpaired) electrons. The monoisotopic (exact) mass is 410 g/mol. The number of carbonyl (C=O) groups excluding carboxylic acids is 3. The third-order valence-electron chi connectivity index (χ3n) is 4.40. The van der Waals surface area contributed by atoms with Crippen molar-refractivity contribution >= 4 is 41.0 Å². The Morgan fingerprint density at radius 2 is 1.87 bits per heavy atom. The normalized spacial score (nSPS) is 15.2. The first-order valence-corrected chi connectivity index (χ1v) is 8.74. The fourth-order valence-corrected chi connectivity index (χ4v) is 2.96.